The molecule has 2 aliphatic rings. The molecule has 0 radical (unpaired) electrons. The number of anilines is 1. The zero-order valence-corrected chi connectivity index (χ0v) is 20.2. The summed E-state index contributed by atoms with van der Waals surface area (Å²) in [5.41, 5.74) is 0.535. The molecule has 34 heavy (non-hydrogen) atoms. The average molecular weight is 488 g/mol. The van der Waals surface area contributed by atoms with E-state index in [1.807, 2.05) is 0 Å². The number of amides is 3. The van der Waals surface area contributed by atoms with Gasteiger partial charge in [0.2, 0.25) is 22.7 Å². The second kappa shape index (κ2) is 10.8. The van der Waals surface area contributed by atoms with E-state index in [-0.39, 0.29) is 34.5 Å². The number of carbonyl (C=O) groups excluding carboxylic acids is 3. The fraction of sp³-hybridized carbons (Fsp3) is 0.522. The van der Waals surface area contributed by atoms with Crippen LogP contribution < -0.4 is 20.1 Å². The van der Waals surface area contributed by atoms with Crippen LogP contribution in [0.3, 0.4) is 0 Å². The SMILES string of the molecule is CC(C)CCNC(=O)CC1CCN(C(=O)c2nnc(C(=O)Nc3ccc4c(c3)OCO4)s2)CC1. The molecule has 0 unspecified atom stereocenters. The number of rotatable bonds is 8. The van der Waals surface area contributed by atoms with Gasteiger partial charge >= 0.3 is 0 Å². The Morgan fingerprint density at radius 1 is 1.12 bits per heavy atom. The maximum absolute atomic E-state index is 12.8. The molecule has 0 spiro atoms. The molecule has 3 amide bonds. The fourth-order valence-electron chi connectivity index (χ4n) is 3.87. The van der Waals surface area contributed by atoms with Crippen molar-refractivity contribution in [1.29, 1.82) is 0 Å². The third-order valence-corrected chi connectivity index (χ3v) is 6.76. The molecule has 0 atom stereocenters. The van der Waals surface area contributed by atoms with Crippen molar-refractivity contribution in [3.05, 3.63) is 28.2 Å². The van der Waals surface area contributed by atoms with Crippen LogP contribution in [-0.4, -0.2) is 59.2 Å². The van der Waals surface area contributed by atoms with Gasteiger partial charge in [-0.1, -0.05) is 25.2 Å². The first kappa shape index (κ1) is 23.9. The molecule has 0 aliphatic carbocycles. The van der Waals surface area contributed by atoms with Crippen molar-refractivity contribution in [1.82, 2.24) is 20.4 Å². The highest BCUT2D eigenvalue weighted by molar-refractivity contribution is 7.15. The van der Waals surface area contributed by atoms with E-state index >= 15 is 0 Å². The Kier molecular flexibility index (Phi) is 7.61. The van der Waals surface area contributed by atoms with Gasteiger partial charge < -0.3 is 25.0 Å². The average Bonchev–Trinajstić information content (AvgIpc) is 3.48. The van der Waals surface area contributed by atoms with Gasteiger partial charge in [-0.2, -0.15) is 0 Å². The number of benzene rings is 1. The summed E-state index contributed by atoms with van der Waals surface area (Å²) in [6, 6.07) is 5.08. The van der Waals surface area contributed by atoms with Crippen LogP contribution in [0.4, 0.5) is 5.69 Å². The lowest BCUT2D eigenvalue weighted by atomic mass is 9.93. The second-order valence-corrected chi connectivity index (χ2v) is 9.88. The summed E-state index contributed by atoms with van der Waals surface area (Å²) < 4.78 is 10.6. The van der Waals surface area contributed by atoms with E-state index in [4.69, 9.17) is 9.47 Å². The van der Waals surface area contributed by atoms with E-state index in [0.29, 0.717) is 49.2 Å². The zero-order chi connectivity index (χ0) is 24.1. The number of fused-ring (bicyclic) bond motifs is 1. The number of likely N-dealkylation sites (tertiary alicyclic amines) is 1. The molecule has 10 nitrogen and oxygen atoms in total. The molecule has 1 aromatic heterocycles. The van der Waals surface area contributed by atoms with E-state index in [2.05, 4.69) is 34.7 Å². The number of ether oxygens (including phenoxy) is 2. The Bertz CT molecular complexity index is 1050. The maximum atomic E-state index is 12.8. The van der Waals surface area contributed by atoms with Crippen molar-refractivity contribution in [2.75, 3.05) is 31.7 Å². The highest BCUT2D eigenvalue weighted by Gasteiger charge is 2.28. The molecule has 1 aromatic carbocycles. The predicted molar refractivity (Wildman–Crippen MR) is 126 cm³/mol. The smallest absolute Gasteiger partial charge is 0.286 e. The Hall–Kier alpha value is -3.21. The summed E-state index contributed by atoms with van der Waals surface area (Å²) in [7, 11) is 0. The van der Waals surface area contributed by atoms with E-state index in [0.717, 1.165) is 30.6 Å². The van der Waals surface area contributed by atoms with Crippen LogP contribution in [0, 0.1) is 11.8 Å². The molecule has 11 heteroatoms. The van der Waals surface area contributed by atoms with Gasteiger partial charge in [0.05, 0.1) is 0 Å². The number of nitrogens with one attached hydrogen (secondary N) is 2. The Balaban J connectivity index is 1.25. The van der Waals surface area contributed by atoms with Gasteiger partial charge in [-0.3, -0.25) is 14.4 Å². The minimum Gasteiger partial charge on any atom is -0.454 e. The van der Waals surface area contributed by atoms with Crippen molar-refractivity contribution < 1.29 is 23.9 Å². The quantitative estimate of drug-likeness (QED) is 0.587. The van der Waals surface area contributed by atoms with Crippen molar-refractivity contribution >= 4 is 34.7 Å². The highest BCUT2D eigenvalue weighted by Crippen LogP contribution is 2.34. The van der Waals surface area contributed by atoms with Crippen molar-refractivity contribution in [2.24, 2.45) is 11.8 Å². The Morgan fingerprint density at radius 2 is 1.85 bits per heavy atom. The highest BCUT2D eigenvalue weighted by atomic mass is 32.1. The molecule has 2 N–H and O–H groups in total. The van der Waals surface area contributed by atoms with E-state index in [1.165, 1.54) is 0 Å². The summed E-state index contributed by atoms with van der Waals surface area (Å²) in [6.45, 7) is 6.23. The molecule has 0 bridgehead atoms. The van der Waals surface area contributed by atoms with Gasteiger partial charge in [-0.15, -0.1) is 10.2 Å². The number of hydrogen-bond acceptors (Lipinski definition) is 8. The first-order valence-corrected chi connectivity index (χ1v) is 12.3. The van der Waals surface area contributed by atoms with Crippen LogP contribution in [0.2, 0.25) is 0 Å². The Morgan fingerprint density at radius 3 is 2.62 bits per heavy atom. The summed E-state index contributed by atoms with van der Waals surface area (Å²) in [5, 5.41) is 13.8. The second-order valence-electron chi connectivity index (χ2n) is 8.91. The fourth-order valence-corrected chi connectivity index (χ4v) is 4.58. The molecule has 1 saturated heterocycles. The van der Waals surface area contributed by atoms with Crippen molar-refractivity contribution in [3.8, 4) is 11.5 Å². The number of carbonyl (C=O) groups is 3. The summed E-state index contributed by atoms with van der Waals surface area (Å²) in [4.78, 5) is 39.2. The zero-order valence-electron chi connectivity index (χ0n) is 19.3. The van der Waals surface area contributed by atoms with Gasteiger partial charge in [0.1, 0.15) is 0 Å². The van der Waals surface area contributed by atoms with Crippen LogP contribution in [-0.2, 0) is 4.79 Å². The van der Waals surface area contributed by atoms with Crippen molar-refractivity contribution in [2.45, 2.75) is 39.5 Å². The van der Waals surface area contributed by atoms with Gasteiger partial charge in [0, 0.05) is 37.8 Å². The Labute approximate surface area is 202 Å². The third-order valence-electron chi connectivity index (χ3n) is 5.85. The lowest BCUT2D eigenvalue weighted by molar-refractivity contribution is -0.122. The van der Waals surface area contributed by atoms with Gasteiger partial charge in [0.15, 0.2) is 11.5 Å². The summed E-state index contributed by atoms with van der Waals surface area (Å²) in [5.74, 6) is 1.40. The first-order chi connectivity index (χ1) is 16.4. The first-order valence-electron chi connectivity index (χ1n) is 11.5. The summed E-state index contributed by atoms with van der Waals surface area (Å²) in [6.07, 6.45) is 2.99. The third kappa shape index (κ3) is 6.02. The number of piperidine rings is 1. The maximum Gasteiger partial charge on any atom is 0.286 e. The van der Waals surface area contributed by atoms with Crippen LogP contribution >= 0.6 is 11.3 Å². The van der Waals surface area contributed by atoms with E-state index < -0.39 is 5.91 Å². The molecule has 0 saturated carbocycles. The monoisotopic (exact) mass is 487 g/mol. The van der Waals surface area contributed by atoms with Gasteiger partial charge in [0.25, 0.3) is 11.8 Å². The molecule has 2 aromatic rings. The lowest BCUT2D eigenvalue weighted by Gasteiger charge is -2.31. The lowest BCUT2D eigenvalue weighted by Crippen LogP contribution is -2.39. The standard InChI is InChI=1S/C23H29N5O5S/c1-14(2)5-8-24-19(29)11-15-6-9-28(10-7-15)23(31)22-27-26-21(34-22)20(30)25-16-3-4-17-18(12-16)33-13-32-17/h3-4,12,14-15H,5-11,13H2,1-2H3,(H,24,29)(H,25,30). The molecule has 4 rings (SSSR count). The van der Waals surface area contributed by atoms with Crippen LogP contribution in [0.25, 0.3) is 0 Å². The minimum absolute atomic E-state index is 0.0765. The largest absolute Gasteiger partial charge is 0.454 e. The van der Waals surface area contributed by atoms with Crippen molar-refractivity contribution in [3.63, 3.8) is 0 Å². The minimum atomic E-state index is -0.447. The van der Waals surface area contributed by atoms with Crippen LogP contribution in [0.15, 0.2) is 18.2 Å². The van der Waals surface area contributed by atoms with Gasteiger partial charge in [-0.05, 0) is 43.2 Å². The number of hydrogen-bond donors (Lipinski definition) is 2. The molecule has 182 valence electrons. The molecule has 3 heterocycles. The predicted octanol–water partition coefficient (Wildman–Crippen LogP) is 2.92. The molecular weight excluding hydrogens is 458 g/mol. The van der Waals surface area contributed by atoms with Crippen LogP contribution in [0.5, 0.6) is 11.5 Å². The normalized spacial score (nSPS) is 15.4. The summed E-state index contributed by atoms with van der Waals surface area (Å²) >= 11 is 0.965. The molecular formula is C23H29N5O5S. The van der Waals surface area contributed by atoms with E-state index in [1.54, 1.807) is 23.1 Å². The number of nitrogens with zero attached hydrogens (tertiary/aromatic N) is 3. The molecule has 1 fully saturated rings. The van der Waals surface area contributed by atoms with E-state index in [9.17, 15) is 14.4 Å². The molecule has 2 aliphatic heterocycles. The topological polar surface area (TPSA) is 123 Å². The van der Waals surface area contributed by atoms with Gasteiger partial charge in [-0.25, -0.2) is 0 Å². The van der Waals surface area contributed by atoms with Crippen LogP contribution in [0.1, 0.15) is 59.1 Å². The number of aromatic nitrogens is 2.